The van der Waals surface area contributed by atoms with Crippen molar-refractivity contribution in [3.05, 3.63) is 35.9 Å². The van der Waals surface area contributed by atoms with Crippen LogP contribution in [-0.2, 0) is 4.79 Å². The fourth-order valence-electron chi connectivity index (χ4n) is 1.52. The molecule has 1 aromatic rings. The Balaban J connectivity index is 2.59. The van der Waals surface area contributed by atoms with Crippen molar-refractivity contribution in [2.45, 2.75) is 26.3 Å². The van der Waals surface area contributed by atoms with Gasteiger partial charge in [-0.15, -0.1) is 0 Å². The van der Waals surface area contributed by atoms with Crippen LogP contribution in [-0.4, -0.2) is 11.2 Å². The zero-order valence-electron chi connectivity index (χ0n) is 9.74. The van der Waals surface area contributed by atoms with E-state index in [4.69, 9.17) is 0 Å². The number of halogens is 1. The van der Waals surface area contributed by atoms with Crippen LogP contribution in [0.2, 0.25) is 0 Å². The first kappa shape index (κ1) is 13.2. The Kier molecular flexibility index (Phi) is 5.53. The molecule has 3 heteroatoms. The average molecular weight is 284 g/mol. The molecule has 0 radical (unpaired) electrons. The molecular weight excluding hydrogens is 266 g/mol. The number of nitrogens with one attached hydrogen (secondary N) is 1. The van der Waals surface area contributed by atoms with Crippen LogP contribution in [0, 0.1) is 5.92 Å². The quantitative estimate of drug-likeness (QED) is 0.826. The highest BCUT2D eigenvalue weighted by molar-refractivity contribution is 9.09. The summed E-state index contributed by atoms with van der Waals surface area (Å²) in [6, 6.07) is 10.1. The molecule has 0 aromatic heterocycles. The summed E-state index contributed by atoms with van der Waals surface area (Å²) in [5, 5.41) is 3.77. The van der Waals surface area contributed by atoms with Gasteiger partial charge in [0.2, 0.25) is 5.91 Å². The zero-order chi connectivity index (χ0) is 12.0. The fourth-order valence-corrected chi connectivity index (χ4v) is 2.06. The largest absolute Gasteiger partial charge is 0.348 e. The Morgan fingerprint density at radius 2 is 1.94 bits per heavy atom. The molecule has 0 aliphatic heterocycles. The maximum absolute atomic E-state index is 11.7. The minimum atomic E-state index is 0.0625. The number of carbonyl (C=O) groups excluding carboxylic acids is 1. The van der Waals surface area contributed by atoms with Crippen molar-refractivity contribution >= 4 is 21.8 Å². The Morgan fingerprint density at radius 3 is 2.44 bits per heavy atom. The fraction of sp³-hybridized carbons (Fsp3) is 0.462. The van der Waals surface area contributed by atoms with Crippen LogP contribution >= 0.6 is 15.9 Å². The lowest BCUT2D eigenvalue weighted by Gasteiger charge is -2.17. The summed E-state index contributed by atoms with van der Waals surface area (Å²) in [7, 11) is 0. The van der Waals surface area contributed by atoms with Crippen molar-refractivity contribution in [3.8, 4) is 0 Å². The Labute approximate surface area is 106 Å². The molecule has 1 amide bonds. The maximum Gasteiger partial charge on any atom is 0.220 e. The van der Waals surface area contributed by atoms with Crippen molar-refractivity contribution in [2.75, 3.05) is 5.33 Å². The number of carbonyl (C=O) groups is 1. The molecule has 0 aliphatic carbocycles. The topological polar surface area (TPSA) is 29.1 Å². The molecule has 0 bridgehead atoms. The van der Waals surface area contributed by atoms with Crippen LogP contribution in [0.25, 0.3) is 0 Å². The van der Waals surface area contributed by atoms with Gasteiger partial charge in [0.1, 0.15) is 0 Å². The van der Waals surface area contributed by atoms with Crippen LogP contribution in [0.3, 0.4) is 0 Å². The molecule has 1 unspecified atom stereocenters. The third-order valence-electron chi connectivity index (χ3n) is 2.29. The van der Waals surface area contributed by atoms with Gasteiger partial charge in [-0.2, -0.15) is 0 Å². The first-order chi connectivity index (χ1) is 7.63. The van der Waals surface area contributed by atoms with Gasteiger partial charge in [-0.05, 0) is 11.5 Å². The van der Waals surface area contributed by atoms with Gasteiger partial charge < -0.3 is 5.32 Å². The van der Waals surface area contributed by atoms with E-state index >= 15 is 0 Å². The molecule has 0 saturated heterocycles. The lowest BCUT2D eigenvalue weighted by Crippen LogP contribution is -2.30. The van der Waals surface area contributed by atoms with Crippen molar-refractivity contribution in [1.29, 1.82) is 0 Å². The number of hydrogen-bond donors (Lipinski definition) is 1. The third kappa shape index (κ3) is 4.35. The van der Waals surface area contributed by atoms with Gasteiger partial charge in [0.15, 0.2) is 0 Å². The Morgan fingerprint density at radius 1 is 1.31 bits per heavy atom. The van der Waals surface area contributed by atoms with Crippen molar-refractivity contribution in [1.82, 2.24) is 5.32 Å². The SMILES string of the molecule is CC(C)CC(=O)NC(CBr)c1ccccc1. The molecule has 0 fully saturated rings. The standard InChI is InChI=1S/C13H18BrNO/c1-10(2)8-13(16)15-12(9-14)11-6-4-3-5-7-11/h3-7,10,12H,8-9H2,1-2H3,(H,15,16). The van der Waals surface area contributed by atoms with Gasteiger partial charge in [0, 0.05) is 11.8 Å². The van der Waals surface area contributed by atoms with E-state index in [-0.39, 0.29) is 11.9 Å². The van der Waals surface area contributed by atoms with Gasteiger partial charge >= 0.3 is 0 Å². The van der Waals surface area contributed by atoms with E-state index in [0.29, 0.717) is 12.3 Å². The predicted molar refractivity (Wildman–Crippen MR) is 70.6 cm³/mol. The summed E-state index contributed by atoms with van der Waals surface area (Å²) in [5.74, 6) is 0.509. The van der Waals surface area contributed by atoms with E-state index in [0.717, 1.165) is 10.9 Å². The van der Waals surface area contributed by atoms with E-state index in [1.807, 2.05) is 44.2 Å². The number of hydrogen-bond acceptors (Lipinski definition) is 1. The normalized spacial score (nSPS) is 12.5. The van der Waals surface area contributed by atoms with Gasteiger partial charge in [0.25, 0.3) is 0 Å². The molecule has 1 atom stereocenters. The molecule has 88 valence electrons. The van der Waals surface area contributed by atoms with Gasteiger partial charge in [0.05, 0.1) is 6.04 Å². The summed E-state index contributed by atoms with van der Waals surface area (Å²) in [4.78, 5) is 11.7. The van der Waals surface area contributed by atoms with Gasteiger partial charge in [-0.3, -0.25) is 4.79 Å². The maximum atomic E-state index is 11.7. The number of amides is 1. The zero-order valence-corrected chi connectivity index (χ0v) is 11.3. The lowest BCUT2D eigenvalue weighted by molar-refractivity contribution is -0.122. The van der Waals surface area contributed by atoms with E-state index in [1.54, 1.807) is 0 Å². The van der Waals surface area contributed by atoms with Crippen molar-refractivity contribution in [3.63, 3.8) is 0 Å². The number of rotatable bonds is 5. The molecule has 1 aromatic carbocycles. The third-order valence-corrected chi connectivity index (χ3v) is 2.93. The van der Waals surface area contributed by atoms with E-state index in [9.17, 15) is 4.79 Å². The van der Waals surface area contributed by atoms with E-state index < -0.39 is 0 Å². The predicted octanol–water partition coefficient (Wildman–Crippen LogP) is 3.28. The molecule has 0 aliphatic rings. The van der Waals surface area contributed by atoms with Crippen LogP contribution < -0.4 is 5.32 Å². The Hall–Kier alpha value is -0.830. The first-order valence-electron chi connectivity index (χ1n) is 5.53. The van der Waals surface area contributed by atoms with Crippen LogP contribution in [0.5, 0.6) is 0 Å². The minimum Gasteiger partial charge on any atom is -0.348 e. The first-order valence-corrected chi connectivity index (χ1v) is 6.66. The average Bonchev–Trinajstić information content (AvgIpc) is 2.26. The Bertz CT molecular complexity index is 324. The number of alkyl halides is 1. The highest BCUT2D eigenvalue weighted by Crippen LogP contribution is 2.15. The molecule has 0 heterocycles. The van der Waals surface area contributed by atoms with Crippen molar-refractivity contribution in [2.24, 2.45) is 5.92 Å². The van der Waals surface area contributed by atoms with Gasteiger partial charge in [-0.1, -0.05) is 60.1 Å². The summed E-state index contributed by atoms with van der Waals surface area (Å²) < 4.78 is 0. The molecule has 1 N–H and O–H groups in total. The summed E-state index contributed by atoms with van der Waals surface area (Å²) in [6.45, 7) is 4.09. The second kappa shape index (κ2) is 6.69. The smallest absolute Gasteiger partial charge is 0.220 e. The monoisotopic (exact) mass is 283 g/mol. The highest BCUT2D eigenvalue weighted by atomic mass is 79.9. The summed E-state index contributed by atoms with van der Waals surface area (Å²) in [6.07, 6.45) is 0.580. The molecule has 1 rings (SSSR count). The lowest BCUT2D eigenvalue weighted by atomic mass is 10.1. The molecular formula is C13H18BrNO. The molecule has 0 spiro atoms. The molecule has 2 nitrogen and oxygen atoms in total. The molecule has 0 saturated carbocycles. The summed E-state index contributed by atoms with van der Waals surface area (Å²) >= 11 is 3.43. The van der Waals surface area contributed by atoms with Crippen molar-refractivity contribution < 1.29 is 4.79 Å². The second-order valence-corrected chi connectivity index (χ2v) is 4.93. The molecule has 16 heavy (non-hydrogen) atoms. The second-order valence-electron chi connectivity index (χ2n) is 4.28. The van der Waals surface area contributed by atoms with E-state index in [2.05, 4.69) is 21.2 Å². The number of benzene rings is 1. The van der Waals surface area contributed by atoms with Crippen LogP contribution in [0.4, 0.5) is 0 Å². The van der Waals surface area contributed by atoms with Crippen LogP contribution in [0.15, 0.2) is 30.3 Å². The summed E-state index contributed by atoms with van der Waals surface area (Å²) in [5.41, 5.74) is 1.14. The van der Waals surface area contributed by atoms with E-state index in [1.165, 1.54) is 0 Å². The highest BCUT2D eigenvalue weighted by Gasteiger charge is 2.13. The van der Waals surface area contributed by atoms with Crippen LogP contribution in [0.1, 0.15) is 31.9 Å². The minimum absolute atomic E-state index is 0.0625. The van der Waals surface area contributed by atoms with Gasteiger partial charge in [-0.25, -0.2) is 0 Å².